The second kappa shape index (κ2) is 6.92. The number of fused-ring (bicyclic) bond motifs is 1. The molecule has 0 spiro atoms. The number of nitrogens with zero attached hydrogens (tertiary/aromatic N) is 4. The Labute approximate surface area is 152 Å². The Hall–Kier alpha value is -2.67. The van der Waals surface area contributed by atoms with E-state index in [-0.39, 0.29) is 6.10 Å². The third-order valence-corrected chi connectivity index (χ3v) is 4.55. The van der Waals surface area contributed by atoms with Crippen LogP contribution in [0.3, 0.4) is 0 Å². The lowest BCUT2D eigenvalue weighted by Gasteiger charge is -2.17. The molecule has 0 saturated carbocycles. The Morgan fingerprint density at radius 3 is 3.00 bits per heavy atom. The maximum absolute atomic E-state index is 6.18. The second-order valence-corrected chi connectivity index (χ2v) is 6.69. The zero-order chi connectivity index (χ0) is 18.1. The van der Waals surface area contributed by atoms with Gasteiger partial charge in [0.25, 0.3) is 0 Å². The monoisotopic (exact) mass is 353 g/mol. The molecule has 26 heavy (non-hydrogen) atoms. The van der Waals surface area contributed by atoms with Crippen molar-refractivity contribution >= 4 is 16.9 Å². The SMILES string of the molecule is Cc1ccc(CNc2nc(C)nc3c2cnn3C)c(OC2CCOC2)c1. The molecular formula is C19H23N5O2. The average Bonchev–Trinajstić information content (AvgIpc) is 3.24. The van der Waals surface area contributed by atoms with E-state index in [2.05, 4.69) is 45.5 Å². The molecule has 1 saturated heterocycles. The summed E-state index contributed by atoms with van der Waals surface area (Å²) in [6.45, 7) is 6.00. The van der Waals surface area contributed by atoms with Crippen molar-refractivity contribution in [1.29, 1.82) is 0 Å². The number of anilines is 1. The summed E-state index contributed by atoms with van der Waals surface area (Å²) < 4.78 is 13.4. The van der Waals surface area contributed by atoms with Crippen molar-refractivity contribution in [2.24, 2.45) is 7.05 Å². The minimum absolute atomic E-state index is 0.127. The van der Waals surface area contributed by atoms with E-state index in [1.807, 2.05) is 14.0 Å². The van der Waals surface area contributed by atoms with E-state index in [4.69, 9.17) is 9.47 Å². The first-order chi connectivity index (χ1) is 12.6. The molecule has 1 aliphatic rings. The van der Waals surface area contributed by atoms with Crippen LogP contribution in [0.4, 0.5) is 5.82 Å². The van der Waals surface area contributed by atoms with Gasteiger partial charge in [-0.1, -0.05) is 12.1 Å². The van der Waals surface area contributed by atoms with Gasteiger partial charge in [-0.05, 0) is 25.5 Å². The van der Waals surface area contributed by atoms with Gasteiger partial charge in [0.05, 0.1) is 24.8 Å². The molecule has 3 heterocycles. The highest BCUT2D eigenvalue weighted by Gasteiger charge is 2.19. The summed E-state index contributed by atoms with van der Waals surface area (Å²) in [5.41, 5.74) is 3.09. The number of hydrogen-bond donors (Lipinski definition) is 1. The van der Waals surface area contributed by atoms with E-state index >= 15 is 0 Å². The number of aromatic nitrogens is 4. The van der Waals surface area contributed by atoms with Gasteiger partial charge in [-0.3, -0.25) is 4.68 Å². The van der Waals surface area contributed by atoms with Gasteiger partial charge in [0, 0.05) is 25.6 Å². The fourth-order valence-corrected chi connectivity index (χ4v) is 3.15. The number of rotatable bonds is 5. The van der Waals surface area contributed by atoms with Crippen LogP contribution in [0.2, 0.25) is 0 Å². The lowest BCUT2D eigenvalue weighted by atomic mass is 10.1. The molecule has 0 radical (unpaired) electrons. The standard InChI is InChI=1S/C19H23N5O2/c1-12-4-5-14(17(8-12)26-15-6-7-25-11-15)9-20-18-16-10-21-24(3)19(16)23-13(2)22-18/h4-5,8,10,15H,6-7,9,11H2,1-3H3,(H,20,22,23). The van der Waals surface area contributed by atoms with Gasteiger partial charge >= 0.3 is 0 Å². The van der Waals surface area contributed by atoms with Crippen molar-refractivity contribution < 1.29 is 9.47 Å². The Morgan fingerprint density at radius 2 is 2.19 bits per heavy atom. The molecule has 4 rings (SSSR count). The minimum atomic E-state index is 0.127. The summed E-state index contributed by atoms with van der Waals surface area (Å²) in [6, 6.07) is 6.28. The smallest absolute Gasteiger partial charge is 0.163 e. The first kappa shape index (κ1) is 16.8. The van der Waals surface area contributed by atoms with E-state index in [0.717, 1.165) is 41.2 Å². The zero-order valence-electron chi connectivity index (χ0n) is 15.3. The van der Waals surface area contributed by atoms with Crippen LogP contribution in [-0.4, -0.2) is 39.1 Å². The van der Waals surface area contributed by atoms with E-state index in [1.165, 1.54) is 5.56 Å². The normalized spacial score (nSPS) is 17.0. The van der Waals surface area contributed by atoms with Crippen molar-refractivity contribution in [1.82, 2.24) is 19.7 Å². The van der Waals surface area contributed by atoms with E-state index in [0.29, 0.717) is 19.0 Å². The summed E-state index contributed by atoms with van der Waals surface area (Å²) in [5, 5.41) is 8.63. The Balaban J connectivity index is 1.58. The van der Waals surface area contributed by atoms with E-state index in [1.54, 1.807) is 10.9 Å². The van der Waals surface area contributed by atoms with Crippen LogP contribution in [0.25, 0.3) is 11.0 Å². The minimum Gasteiger partial charge on any atom is -0.488 e. The lowest BCUT2D eigenvalue weighted by Crippen LogP contribution is -2.17. The van der Waals surface area contributed by atoms with Crippen LogP contribution in [0, 0.1) is 13.8 Å². The van der Waals surface area contributed by atoms with Crippen LogP contribution in [-0.2, 0) is 18.3 Å². The van der Waals surface area contributed by atoms with Crippen LogP contribution >= 0.6 is 0 Å². The Kier molecular flexibility index (Phi) is 4.46. The molecule has 136 valence electrons. The summed E-state index contributed by atoms with van der Waals surface area (Å²) >= 11 is 0. The molecule has 1 N–H and O–H groups in total. The molecule has 1 fully saturated rings. The van der Waals surface area contributed by atoms with Gasteiger partial charge in [-0.25, -0.2) is 9.97 Å². The van der Waals surface area contributed by atoms with Gasteiger partial charge < -0.3 is 14.8 Å². The summed E-state index contributed by atoms with van der Waals surface area (Å²) in [5.74, 6) is 2.41. The molecule has 1 atom stereocenters. The molecule has 0 bridgehead atoms. The first-order valence-electron chi connectivity index (χ1n) is 8.84. The molecule has 0 aliphatic carbocycles. The van der Waals surface area contributed by atoms with E-state index < -0.39 is 0 Å². The van der Waals surface area contributed by atoms with Gasteiger partial charge in [-0.2, -0.15) is 5.10 Å². The average molecular weight is 353 g/mol. The maximum atomic E-state index is 6.18. The molecule has 1 aromatic carbocycles. The van der Waals surface area contributed by atoms with Crippen LogP contribution in [0.5, 0.6) is 5.75 Å². The van der Waals surface area contributed by atoms with Crippen LogP contribution < -0.4 is 10.1 Å². The van der Waals surface area contributed by atoms with Crippen LogP contribution in [0.1, 0.15) is 23.4 Å². The van der Waals surface area contributed by atoms with Crippen molar-refractivity contribution in [3.05, 3.63) is 41.3 Å². The highest BCUT2D eigenvalue weighted by atomic mass is 16.5. The summed E-state index contributed by atoms with van der Waals surface area (Å²) in [4.78, 5) is 9.00. The van der Waals surface area contributed by atoms with Crippen molar-refractivity contribution in [3.8, 4) is 5.75 Å². The summed E-state index contributed by atoms with van der Waals surface area (Å²) in [7, 11) is 1.88. The van der Waals surface area contributed by atoms with Gasteiger partial charge in [-0.15, -0.1) is 0 Å². The fraction of sp³-hybridized carbons (Fsp3) is 0.421. The molecule has 0 amide bonds. The largest absolute Gasteiger partial charge is 0.488 e. The molecule has 1 aliphatic heterocycles. The maximum Gasteiger partial charge on any atom is 0.163 e. The Bertz CT molecular complexity index is 931. The van der Waals surface area contributed by atoms with Gasteiger partial charge in [0.15, 0.2) is 5.65 Å². The predicted octanol–water partition coefficient (Wildman–Crippen LogP) is 2.76. The number of hydrogen-bond acceptors (Lipinski definition) is 6. The fourth-order valence-electron chi connectivity index (χ4n) is 3.15. The number of nitrogens with one attached hydrogen (secondary N) is 1. The third-order valence-electron chi connectivity index (χ3n) is 4.55. The molecule has 2 aromatic heterocycles. The van der Waals surface area contributed by atoms with Crippen molar-refractivity contribution in [2.45, 2.75) is 32.9 Å². The van der Waals surface area contributed by atoms with Gasteiger partial charge in [0.2, 0.25) is 0 Å². The number of aryl methyl sites for hydroxylation is 3. The van der Waals surface area contributed by atoms with E-state index in [9.17, 15) is 0 Å². The van der Waals surface area contributed by atoms with Crippen molar-refractivity contribution in [3.63, 3.8) is 0 Å². The zero-order valence-corrected chi connectivity index (χ0v) is 15.3. The van der Waals surface area contributed by atoms with Crippen molar-refractivity contribution in [2.75, 3.05) is 18.5 Å². The topological polar surface area (TPSA) is 74.1 Å². The molecular weight excluding hydrogens is 330 g/mol. The second-order valence-electron chi connectivity index (χ2n) is 6.69. The number of benzene rings is 1. The highest BCUT2D eigenvalue weighted by Crippen LogP contribution is 2.26. The van der Waals surface area contributed by atoms with Crippen LogP contribution in [0.15, 0.2) is 24.4 Å². The predicted molar refractivity (Wildman–Crippen MR) is 99.4 cm³/mol. The summed E-state index contributed by atoms with van der Waals surface area (Å²) in [6.07, 6.45) is 2.85. The quantitative estimate of drug-likeness (QED) is 0.760. The molecule has 3 aromatic rings. The highest BCUT2D eigenvalue weighted by molar-refractivity contribution is 5.86. The first-order valence-corrected chi connectivity index (χ1v) is 8.84. The number of ether oxygens (including phenoxy) is 2. The van der Waals surface area contributed by atoms with Gasteiger partial charge in [0.1, 0.15) is 23.5 Å². The molecule has 7 nitrogen and oxygen atoms in total. The lowest BCUT2D eigenvalue weighted by molar-refractivity contribution is 0.140. The third kappa shape index (κ3) is 3.35. The Morgan fingerprint density at radius 1 is 1.31 bits per heavy atom. The molecule has 1 unspecified atom stereocenters. The molecule has 7 heteroatoms.